The van der Waals surface area contributed by atoms with E-state index in [1.807, 2.05) is 23.0 Å². The number of carbonyl (C=O) groups is 2. The number of thioether (sulfide) groups is 1. The lowest BCUT2D eigenvalue weighted by molar-refractivity contribution is -0.130. The molecule has 21 heavy (non-hydrogen) atoms. The van der Waals surface area contributed by atoms with Gasteiger partial charge >= 0.3 is 6.03 Å². The van der Waals surface area contributed by atoms with E-state index in [2.05, 4.69) is 5.32 Å². The topological polar surface area (TPSA) is 52.7 Å². The molecule has 6 heteroatoms. The summed E-state index contributed by atoms with van der Waals surface area (Å²) in [6, 6.07) is 0.804. The summed E-state index contributed by atoms with van der Waals surface area (Å²) < 4.78 is 0. The number of hydrogen-bond donors (Lipinski definition) is 1. The van der Waals surface area contributed by atoms with Gasteiger partial charge in [-0.3, -0.25) is 4.79 Å². The number of likely N-dealkylation sites (tertiary alicyclic amines) is 1. The highest BCUT2D eigenvalue weighted by atomic mass is 32.2. The molecule has 0 spiro atoms. The first-order valence-electron chi connectivity index (χ1n) is 7.86. The van der Waals surface area contributed by atoms with Crippen LogP contribution in [0.3, 0.4) is 0 Å². The largest absolute Gasteiger partial charge is 0.338 e. The first kappa shape index (κ1) is 16.5. The summed E-state index contributed by atoms with van der Waals surface area (Å²) in [6.45, 7) is 5.17. The fourth-order valence-corrected chi connectivity index (χ4v) is 3.61. The lowest BCUT2D eigenvalue weighted by Crippen LogP contribution is -2.50. The van der Waals surface area contributed by atoms with Gasteiger partial charge in [0.05, 0.1) is 6.04 Å². The zero-order chi connectivity index (χ0) is 15.4. The molecule has 2 rings (SSSR count). The molecule has 1 heterocycles. The van der Waals surface area contributed by atoms with Crippen molar-refractivity contribution in [2.75, 3.05) is 25.1 Å². The van der Waals surface area contributed by atoms with Crippen molar-refractivity contribution in [2.24, 2.45) is 0 Å². The molecule has 2 fully saturated rings. The van der Waals surface area contributed by atoms with Crippen molar-refractivity contribution in [3.63, 3.8) is 0 Å². The summed E-state index contributed by atoms with van der Waals surface area (Å²) in [6.07, 6.45) is 6.31. The average molecular weight is 313 g/mol. The molecule has 3 amide bonds. The van der Waals surface area contributed by atoms with Crippen LogP contribution in [0.2, 0.25) is 0 Å². The van der Waals surface area contributed by atoms with E-state index in [1.165, 1.54) is 0 Å². The Kier molecular flexibility index (Phi) is 5.79. The molecule has 2 unspecified atom stereocenters. The van der Waals surface area contributed by atoms with Gasteiger partial charge in [0.2, 0.25) is 5.91 Å². The number of amides is 3. The van der Waals surface area contributed by atoms with E-state index >= 15 is 0 Å². The van der Waals surface area contributed by atoms with Crippen LogP contribution in [0.4, 0.5) is 4.79 Å². The maximum absolute atomic E-state index is 12.4. The van der Waals surface area contributed by atoms with E-state index in [1.54, 1.807) is 18.7 Å². The van der Waals surface area contributed by atoms with Gasteiger partial charge < -0.3 is 15.1 Å². The molecule has 1 saturated carbocycles. The van der Waals surface area contributed by atoms with E-state index in [0.717, 1.165) is 38.0 Å². The monoisotopic (exact) mass is 313 g/mol. The number of nitrogens with zero attached hydrogens (tertiary/aromatic N) is 2. The fourth-order valence-electron chi connectivity index (χ4n) is 3.03. The second-order valence-electron chi connectivity index (χ2n) is 6.20. The van der Waals surface area contributed by atoms with Crippen LogP contribution < -0.4 is 5.32 Å². The molecule has 1 aliphatic heterocycles. The van der Waals surface area contributed by atoms with Crippen LogP contribution in [-0.4, -0.2) is 65.0 Å². The highest BCUT2D eigenvalue weighted by Gasteiger charge is 2.36. The molecule has 0 bridgehead atoms. The van der Waals surface area contributed by atoms with Gasteiger partial charge in [-0.25, -0.2) is 4.79 Å². The number of carbonyl (C=O) groups excluding carboxylic acids is 2. The molecule has 2 atom stereocenters. The zero-order valence-electron chi connectivity index (χ0n) is 13.3. The van der Waals surface area contributed by atoms with Gasteiger partial charge in [0, 0.05) is 37.8 Å². The Hall–Kier alpha value is -0.910. The zero-order valence-corrected chi connectivity index (χ0v) is 14.1. The molecule has 0 aromatic heterocycles. The average Bonchev–Trinajstić information content (AvgIpc) is 3.13. The molecule has 0 aromatic rings. The molecular weight excluding hydrogens is 286 g/mol. The van der Waals surface area contributed by atoms with Crippen LogP contribution in [0.1, 0.15) is 39.5 Å². The SMILES string of the molecule is CSCC(C)NC(=O)N1CCCC1CN(C(C)=O)C1CC1. The molecular formula is C15H27N3O2S. The summed E-state index contributed by atoms with van der Waals surface area (Å²) in [5.74, 6) is 1.06. The number of nitrogens with one attached hydrogen (secondary N) is 1. The van der Waals surface area contributed by atoms with Gasteiger partial charge in [-0.05, 0) is 38.9 Å². The maximum atomic E-state index is 12.4. The lowest BCUT2D eigenvalue weighted by atomic mass is 10.2. The second-order valence-corrected chi connectivity index (χ2v) is 7.11. The van der Waals surface area contributed by atoms with Crippen molar-refractivity contribution >= 4 is 23.7 Å². The van der Waals surface area contributed by atoms with E-state index in [9.17, 15) is 9.59 Å². The number of hydrogen-bond acceptors (Lipinski definition) is 3. The highest BCUT2D eigenvalue weighted by molar-refractivity contribution is 7.98. The summed E-state index contributed by atoms with van der Waals surface area (Å²) >= 11 is 1.74. The molecule has 1 aliphatic carbocycles. The van der Waals surface area contributed by atoms with Crippen LogP contribution >= 0.6 is 11.8 Å². The van der Waals surface area contributed by atoms with Crippen LogP contribution in [0, 0.1) is 0 Å². The van der Waals surface area contributed by atoms with Crippen molar-refractivity contribution in [2.45, 2.75) is 57.7 Å². The summed E-state index contributed by atoms with van der Waals surface area (Å²) in [7, 11) is 0. The van der Waals surface area contributed by atoms with Crippen molar-refractivity contribution in [1.29, 1.82) is 0 Å². The Morgan fingerprint density at radius 2 is 2.10 bits per heavy atom. The third-order valence-corrected chi connectivity index (χ3v) is 5.06. The minimum atomic E-state index is 0.0262. The lowest BCUT2D eigenvalue weighted by Gasteiger charge is -2.31. The summed E-state index contributed by atoms with van der Waals surface area (Å²) in [5.41, 5.74) is 0. The minimum Gasteiger partial charge on any atom is -0.338 e. The van der Waals surface area contributed by atoms with Crippen molar-refractivity contribution in [3.8, 4) is 0 Å². The fraction of sp³-hybridized carbons (Fsp3) is 0.867. The van der Waals surface area contributed by atoms with Crippen LogP contribution in [0.5, 0.6) is 0 Å². The van der Waals surface area contributed by atoms with Gasteiger partial charge in [0.25, 0.3) is 0 Å². The standard InChI is InChI=1S/C15H27N3O2S/c1-11(10-21-3)16-15(20)17-8-4-5-14(17)9-18(12(2)19)13-6-7-13/h11,13-14H,4-10H2,1-3H3,(H,16,20). The van der Waals surface area contributed by atoms with Gasteiger partial charge in [-0.2, -0.15) is 11.8 Å². The predicted molar refractivity (Wildman–Crippen MR) is 86.5 cm³/mol. The van der Waals surface area contributed by atoms with Gasteiger partial charge in [0.1, 0.15) is 0 Å². The van der Waals surface area contributed by atoms with Gasteiger partial charge in [0.15, 0.2) is 0 Å². The van der Waals surface area contributed by atoms with Crippen LogP contribution in [0.25, 0.3) is 0 Å². The van der Waals surface area contributed by atoms with Gasteiger partial charge in [-0.15, -0.1) is 0 Å². The highest BCUT2D eigenvalue weighted by Crippen LogP contribution is 2.29. The molecule has 0 radical (unpaired) electrons. The van der Waals surface area contributed by atoms with Crippen molar-refractivity contribution in [3.05, 3.63) is 0 Å². The van der Waals surface area contributed by atoms with Crippen LogP contribution in [-0.2, 0) is 4.79 Å². The Balaban J connectivity index is 1.89. The first-order valence-corrected chi connectivity index (χ1v) is 9.25. The Morgan fingerprint density at radius 3 is 2.67 bits per heavy atom. The molecule has 0 aromatic carbocycles. The summed E-state index contributed by atoms with van der Waals surface area (Å²) in [4.78, 5) is 28.0. The molecule has 120 valence electrons. The normalized spacial score (nSPS) is 23.0. The second kappa shape index (κ2) is 7.38. The van der Waals surface area contributed by atoms with Crippen LogP contribution in [0.15, 0.2) is 0 Å². The minimum absolute atomic E-state index is 0.0262. The van der Waals surface area contributed by atoms with E-state index < -0.39 is 0 Å². The summed E-state index contributed by atoms with van der Waals surface area (Å²) in [5, 5.41) is 3.06. The first-order chi connectivity index (χ1) is 10.0. The van der Waals surface area contributed by atoms with E-state index in [0.29, 0.717) is 12.6 Å². The number of rotatable bonds is 6. The van der Waals surface area contributed by atoms with Crippen molar-refractivity contribution in [1.82, 2.24) is 15.1 Å². The third kappa shape index (κ3) is 4.53. The molecule has 1 saturated heterocycles. The van der Waals surface area contributed by atoms with E-state index in [4.69, 9.17) is 0 Å². The quantitative estimate of drug-likeness (QED) is 0.815. The smallest absolute Gasteiger partial charge is 0.317 e. The van der Waals surface area contributed by atoms with Crippen molar-refractivity contribution < 1.29 is 9.59 Å². The maximum Gasteiger partial charge on any atom is 0.317 e. The molecule has 2 aliphatic rings. The third-order valence-electron chi connectivity index (χ3n) is 4.22. The number of urea groups is 1. The molecule has 1 N–H and O–H groups in total. The van der Waals surface area contributed by atoms with Gasteiger partial charge in [-0.1, -0.05) is 0 Å². The van der Waals surface area contributed by atoms with E-state index in [-0.39, 0.29) is 24.0 Å². The Morgan fingerprint density at radius 1 is 1.38 bits per heavy atom. The molecule has 5 nitrogen and oxygen atoms in total. The predicted octanol–water partition coefficient (Wildman–Crippen LogP) is 1.92. The Labute approximate surface area is 131 Å². The Bertz CT molecular complexity index is 387.